The van der Waals surface area contributed by atoms with E-state index in [0.29, 0.717) is 6.07 Å². The van der Waals surface area contributed by atoms with Gasteiger partial charge in [0.15, 0.2) is 34.3 Å². The number of phenols is 7. The lowest BCUT2D eigenvalue weighted by Gasteiger charge is -2.39. The van der Waals surface area contributed by atoms with Crippen LogP contribution in [0.25, 0.3) is 22.3 Å². The maximum absolute atomic E-state index is 14.6. The van der Waals surface area contributed by atoms with Gasteiger partial charge in [-0.25, -0.2) is 0 Å². The molecule has 4 heterocycles. The maximum atomic E-state index is 14.6. The molecule has 0 amide bonds. The average molecular weight is 765 g/mol. The van der Waals surface area contributed by atoms with Crippen LogP contribution in [0.3, 0.4) is 0 Å². The molecule has 0 aliphatic carbocycles. The zero-order chi connectivity index (χ0) is 39.5. The number of carbonyl (C=O) groups excluding carboxylic acids is 1. The van der Waals surface area contributed by atoms with Gasteiger partial charge in [-0.15, -0.1) is 0 Å². The summed E-state index contributed by atoms with van der Waals surface area (Å²) < 4.78 is 28.9. The fourth-order valence-corrected chi connectivity index (χ4v) is 6.99. The van der Waals surface area contributed by atoms with Crippen LogP contribution >= 0.6 is 0 Å². The Morgan fingerprint density at radius 1 is 0.727 bits per heavy atom. The van der Waals surface area contributed by atoms with Gasteiger partial charge >= 0.3 is 0 Å². The molecule has 0 saturated carbocycles. The van der Waals surface area contributed by atoms with Crippen LogP contribution in [0.1, 0.15) is 21.5 Å². The number of epoxide rings is 1. The summed E-state index contributed by atoms with van der Waals surface area (Å²) >= 11 is 0. The molecule has 286 valence electrons. The minimum atomic E-state index is -2.61. The van der Waals surface area contributed by atoms with E-state index < -0.39 is 145 Å². The Morgan fingerprint density at radius 2 is 1.47 bits per heavy atom. The fourth-order valence-electron chi connectivity index (χ4n) is 6.99. The molecular weight excluding hydrogens is 736 g/mol. The topological polar surface area (TPSA) is 330 Å². The highest BCUT2D eigenvalue weighted by Crippen LogP contribution is 2.70. The van der Waals surface area contributed by atoms with Gasteiger partial charge in [0.2, 0.25) is 28.9 Å². The van der Waals surface area contributed by atoms with E-state index in [2.05, 4.69) is 0 Å². The van der Waals surface area contributed by atoms with Crippen LogP contribution in [0, 0.1) is 0 Å². The van der Waals surface area contributed by atoms with E-state index in [0.717, 1.165) is 42.5 Å². The van der Waals surface area contributed by atoms with Gasteiger partial charge in [0.25, 0.3) is 5.79 Å². The van der Waals surface area contributed by atoms with Crippen LogP contribution in [-0.2, 0) is 20.9 Å². The first-order valence-electron chi connectivity index (χ1n) is 16.1. The molecule has 7 atom stereocenters. The number of Topliss-reactive ketones (excluding diaryl/α,β-unsaturated/α-hetero) is 1. The van der Waals surface area contributed by atoms with Crippen LogP contribution in [0.4, 0.5) is 0 Å². The van der Waals surface area contributed by atoms with E-state index in [1.165, 1.54) is 6.07 Å². The number of benzene rings is 4. The lowest BCUT2D eigenvalue weighted by Crippen LogP contribution is -2.60. The molecular formula is C36H28O19. The number of hydrogen-bond acceptors (Lipinski definition) is 19. The van der Waals surface area contributed by atoms with Crippen molar-refractivity contribution in [1.29, 1.82) is 0 Å². The molecule has 4 aromatic carbocycles. The van der Waals surface area contributed by atoms with Crippen molar-refractivity contribution in [2.75, 3.05) is 6.61 Å². The third-order valence-corrected chi connectivity index (χ3v) is 9.71. The first-order chi connectivity index (χ1) is 26.0. The zero-order valence-corrected chi connectivity index (χ0v) is 27.5. The zero-order valence-electron chi connectivity index (χ0n) is 27.5. The summed E-state index contributed by atoms with van der Waals surface area (Å²) in [4.78, 5) is 28.3. The third-order valence-electron chi connectivity index (χ3n) is 9.71. The van der Waals surface area contributed by atoms with Crippen molar-refractivity contribution in [2.24, 2.45) is 0 Å². The molecule has 19 heteroatoms. The number of ether oxygens (including phenoxy) is 4. The number of hydrogen-bond donors (Lipinski definition) is 12. The van der Waals surface area contributed by atoms with Gasteiger partial charge in [0.1, 0.15) is 64.1 Å². The maximum Gasteiger partial charge on any atom is 0.280 e. The number of aliphatic hydroxyl groups excluding tert-OH is 4. The SMILES string of the molecule is O=C1c2c(O)cc(O)cc2OC2(c3ccc(O)c(O)c3)OC12c1c(O)cc(O)c2c(=O)c(O)c(-c3ccc(O[C@@H]4O[C@H](CO)[C@@H](O)[C@H](O)[C@H]4O)c(O)c3)oc12. The number of phenolic OH excluding ortho intramolecular Hbond substituents is 7. The molecule has 0 bridgehead atoms. The Balaban J connectivity index is 1.30. The van der Waals surface area contributed by atoms with E-state index in [1.807, 2.05) is 0 Å². The minimum Gasteiger partial charge on any atom is -0.508 e. The predicted molar refractivity (Wildman–Crippen MR) is 178 cm³/mol. The second-order valence-electron chi connectivity index (χ2n) is 13.0. The smallest absolute Gasteiger partial charge is 0.280 e. The summed E-state index contributed by atoms with van der Waals surface area (Å²) in [5, 5.41) is 125. The lowest BCUT2D eigenvalue weighted by molar-refractivity contribution is -0.277. The van der Waals surface area contributed by atoms with E-state index in [4.69, 9.17) is 23.4 Å². The van der Waals surface area contributed by atoms with E-state index >= 15 is 0 Å². The number of carbonyl (C=O) groups is 1. The second kappa shape index (κ2) is 12.0. The number of aromatic hydroxyl groups is 8. The van der Waals surface area contributed by atoms with Crippen molar-refractivity contribution >= 4 is 16.8 Å². The average Bonchev–Trinajstić information content (AvgIpc) is 3.82. The van der Waals surface area contributed by atoms with E-state index in [9.17, 15) is 70.9 Å². The predicted octanol–water partition coefficient (Wildman–Crippen LogP) is 0.637. The highest BCUT2D eigenvalue weighted by molar-refractivity contribution is 6.13. The summed E-state index contributed by atoms with van der Waals surface area (Å²) in [5.74, 6) is -11.3. The third kappa shape index (κ3) is 4.92. The van der Waals surface area contributed by atoms with Gasteiger partial charge in [-0.05, 0) is 36.4 Å². The molecule has 1 aromatic heterocycles. The molecule has 5 aromatic rings. The summed E-state index contributed by atoms with van der Waals surface area (Å²) in [7, 11) is 0. The number of ketones is 1. The summed E-state index contributed by atoms with van der Waals surface area (Å²) in [5.41, 5.74) is -6.33. The number of rotatable bonds is 6. The van der Waals surface area contributed by atoms with Crippen molar-refractivity contribution in [3.05, 3.63) is 81.5 Å². The molecule has 0 radical (unpaired) electrons. The standard InChI is InChI=1S/C36H28O19/c37-10-22-26(45)28(47)30(49)34(52-22)51-20-4-1-11(5-16(20)41)31-29(48)27(46)24-18(43)9-19(44)25(32(24)53-31)35-33(50)23-17(42)7-13(38)8-21(23)54-36(35,55-35)12-2-3-14(39)15(40)6-12/h1-9,22,26,28,30,34,37-45,47-49H,10H2/t22-,26-,28+,30-,34-,35?,36?/m1/s1. The van der Waals surface area contributed by atoms with Gasteiger partial charge in [-0.2, -0.15) is 0 Å². The highest BCUT2D eigenvalue weighted by Gasteiger charge is 2.83. The number of aliphatic hydroxyl groups is 4. The van der Waals surface area contributed by atoms with Crippen LogP contribution < -0.4 is 14.9 Å². The molecule has 55 heavy (non-hydrogen) atoms. The molecule has 2 unspecified atom stereocenters. The van der Waals surface area contributed by atoms with Crippen LogP contribution in [-0.4, -0.2) is 104 Å². The first kappa shape index (κ1) is 35.5. The van der Waals surface area contributed by atoms with Crippen molar-refractivity contribution in [1.82, 2.24) is 0 Å². The second-order valence-corrected chi connectivity index (χ2v) is 13.0. The summed E-state index contributed by atoms with van der Waals surface area (Å²) in [6.07, 6.45) is -8.38. The monoisotopic (exact) mass is 764 g/mol. The van der Waals surface area contributed by atoms with Crippen molar-refractivity contribution in [3.63, 3.8) is 0 Å². The lowest BCUT2D eigenvalue weighted by atomic mass is 9.79. The summed E-state index contributed by atoms with van der Waals surface area (Å²) in [6, 6.07) is 8.73. The van der Waals surface area contributed by atoms with E-state index in [-0.39, 0.29) is 11.1 Å². The molecule has 8 rings (SSSR count). The van der Waals surface area contributed by atoms with Crippen molar-refractivity contribution in [3.8, 4) is 68.8 Å². The first-order valence-corrected chi connectivity index (χ1v) is 16.1. The van der Waals surface area contributed by atoms with Gasteiger partial charge in [0, 0.05) is 29.3 Å². The largest absolute Gasteiger partial charge is 0.508 e. The number of fused-ring (bicyclic) bond motifs is 3. The van der Waals surface area contributed by atoms with Gasteiger partial charge < -0.3 is 84.6 Å². The molecule has 2 saturated heterocycles. The van der Waals surface area contributed by atoms with Gasteiger partial charge in [-0.3, -0.25) is 9.59 Å². The Bertz CT molecular complexity index is 2510. The Morgan fingerprint density at radius 3 is 2.16 bits per heavy atom. The van der Waals surface area contributed by atoms with Crippen molar-refractivity contribution < 1.29 is 89.4 Å². The Labute approximate surface area is 305 Å². The normalized spacial score (nSPS) is 26.9. The van der Waals surface area contributed by atoms with Crippen LogP contribution in [0.15, 0.2) is 63.8 Å². The molecule has 19 nitrogen and oxygen atoms in total. The summed E-state index contributed by atoms with van der Waals surface area (Å²) in [6.45, 7) is -0.761. The van der Waals surface area contributed by atoms with Crippen LogP contribution in [0.2, 0.25) is 0 Å². The Kier molecular flexibility index (Phi) is 7.76. The quantitative estimate of drug-likeness (QED) is 0.0833. The molecule has 3 aliphatic rings. The van der Waals surface area contributed by atoms with Crippen molar-refractivity contribution in [2.45, 2.75) is 42.1 Å². The van der Waals surface area contributed by atoms with E-state index in [1.54, 1.807) is 0 Å². The van der Waals surface area contributed by atoms with Crippen LogP contribution in [0.5, 0.6) is 57.5 Å². The molecule has 0 spiro atoms. The van der Waals surface area contributed by atoms with Gasteiger partial charge in [-0.1, -0.05) is 0 Å². The minimum absolute atomic E-state index is 0.161. The fraction of sp³-hybridized carbons (Fsp3) is 0.222. The highest BCUT2D eigenvalue weighted by atomic mass is 16.8. The Hall–Kier alpha value is -6.48. The molecule has 2 fully saturated rings. The molecule has 12 N–H and O–H groups in total. The molecule has 3 aliphatic heterocycles. The van der Waals surface area contributed by atoms with Gasteiger partial charge in [0.05, 0.1) is 12.2 Å².